The summed E-state index contributed by atoms with van der Waals surface area (Å²) in [7, 11) is 0. The minimum Gasteiger partial charge on any atom is -0.479 e. The van der Waals surface area contributed by atoms with Crippen LogP contribution < -0.4 is 15.4 Å². The number of rotatable bonds is 3. The van der Waals surface area contributed by atoms with Gasteiger partial charge in [-0.15, -0.1) is 0 Å². The summed E-state index contributed by atoms with van der Waals surface area (Å²) in [6.07, 6.45) is 2.87. The van der Waals surface area contributed by atoms with Crippen molar-refractivity contribution in [2.45, 2.75) is 38.7 Å². The van der Waals surface area contributed by atoms with E-state index in [1.165, 1.54) is 0 Å². The summed E-state index contributed by atoms with van der Waals surface area (Å²) >= 11 is 0. The van der Waals surface area contributed by atoms with E-state index in [1.807, 2.05) is 4.90 Å². The fourth-order valence-corrected chi connectivity index (χ4v) is 3.48. The fraction of sp³-hybridized carbons (Fsp3) is 0.526. The maximum absolute atomic E-state index is 12.5. The van der Waals surface area contributed by atoms with E-state index in [9.17, 15) is 14.4 Å². The first kappa shape index (κ1) is 16.9. The van der Waals surface area contributed by atoms with Crippen LogP contribution in [0, 0.1) is 11.8 Å². The lowest BCUT2D eigenvalue weighted by Gasteiger charge is -2.31. The molecule has 1 saturated carbocycles. The number of anilines is 2. The van der Waals surface area contributed by atoms with Crippen molar-refractivity contribution in [3.8, 4) is 5.75 Å². The van der Waals surface area contributed by atoms with Crippen LogP contribution in [0.2, 0.25) is 0 Å². The fourth-order valence-electron chi connectivity index (χ4n) is 3.48. The van der Waals surface area contributed by atoms with E-state index in [-0.39, 0.29) is 29.6 Å². The van der Waals surface area contributed by atoms with Crippen LogP contribution in [0.15, 0.2) is 18.2 Å². The lowest BCUT2D eigenvalue weighted by molar-refractivity contribution is -0.135. The van der Waals surface area contributed by atoms with Gasteiger partial charge in [-0.05, 0) is 50.8 Å². The van der Waals surface area contributed by atoms with Crippen LogP contribution in [-0.4, -0.2) is 41.8 Å². The number of nitrogens with zero attached hydrogens (tertiary/aromatic N) is 1. The van der Waals surface area contributed by atoms with E-state index in [0.717, 1.165) is 12.8 Å². The summed E-state index contributed by atoms with van der Waals surface area (Å²) in [4.78, 5) is 38.3. The molecule has 3 amide bonds. The molecule has 0 aromatic heterocycles. The monoisotopic (exact) mass is 357 g/mol. The predicted octanol–water partition coefficient (Wildman–Crippen LogP) is 1.99. The molecule has 0 radical (unpaired) electrons. The molecule has 2 heterocycles. The highest BCUT2D eigenvalue weighted by Crippen LogP contribution is 2.34. The standard InChI is InChI=1S/C19H23N3O4/c1-11-17(23)21-15-10-14(4-5-16(15)26-11)20-18(24)12-6-8-22(9-7-12)19(25)13-2-3-13/h4-5,10-13H,2-3,6-9H2,1H3,(H,20,24)(H,21,23). The number of nitrogens with one attached hydrogen (secondary N) is 2. The highest BCUT2D eigenvalue weighted by Gasteiger charge is 2.36. The molecular weight excluding hydrogens is 334 g/mol. The Balaban J connectivity index is 1.34. The van der Waals surface area contributed by atoms with E-state index in [0.29, 0.717) is 43.1 Å². The Kier molecular flexibility index (Phi) is 4.30. The topological polar surface area (TPSA) is 87.7 Å². The number of likely N-dealkylation sites (tertiary alicyclic amines) is 1. The summed E-state index contributed by atoms with van der Waals surface area (Å²) in [6.45, 7) is 2.99. The third kappa shape index (κ3) is 3.38. The van der Waals surface area contributed by atoms with Crippen LogP contribution in [0.5, 0.6) is 5.75 Å². The Hall–Kier alpha value is -2.57. The Morgan fingerprint density at radius 1 is 1.15 bits per heavy atom. The van der Waals surface area contributed by atoms with E-state index >= 15 is 0 Å². The molecule has 0 bridgehead atoms. The van der Waals surface area contributed by atoms with Crippen LogP contribution >= 0.6 is 0 Å². The van der Waals surface area contributed by atoms with Gasteiger partial charge in [0.15, 0.2) is 6.10 Å². The van der Waals surface area contributed by atoms with Crippen molar-refractivity contribution in [2.24, 2.45) is 11.8 Å². The molecule has 0 spiro atoms. The third-order valence-electron chi connectivity index (χ3n) is 5.28. The van der Waals surface area contributed by atoms with Gasteiger partial charge in [-0.3, -0.25) is 14.4 Å². The molecule has 1 saturated heterocycles. The third-order valence-corrected chi connectivity index (χ3v) is 5.28. The van der Waals surface area contributed by atoms with Crippen molar-refractivity contribution in [1.29, 1.82) is 0 Å². The lowest BCUT2D eigenvalue weighted by Crippen LogP contribution is -2.42. The van der Waals surface area contributed by atoms with Gasteiger partial charge in [-0.25, -0.2) is 0 Å². The van der Waals surface area contributed by atoms with Gasteiger partial charge in [-0.2, -0.15) is 0 Å². The summed E-state index contributed by atoms with van der Waals surface area (Å²) in [5.41, 5.74) is 1.19. The first-order valence-electron chi connectivity index (χ1n) is 9.22. The van der Waals surface area contributed by atoms with E-state index in [2.05, 4.69) is 10.6 Å². The second kappa shape index (κ2) is 6.63. The average molecular weight is 357 g/mol. The summed E-state index contributed by atoms with van der Waals surface area (Å²) in [5.74, 6) is 0.746. The molecule has 26 heavy (non-hydrogen) atoms. The van der Waals surface area contributed by atoms with Gasteiger partial charge in [0.25, 0.3) is 5.91 Å². The number of piperidine rings is 1. The average Bonchev–Trinajstić information content (AvgIpc) is 3.47. The number of hydrogen-bond acceptors (Lipinski definition) is 4. The molecule has 3 aliphatic rings. The SMILES string of the molecule is CC1Oc2ccc(NC(=O)C3CCN(C(=O)C4CC4)CC3)cc2NC1=O. The van der Waals surface area contributed by atoms with Crippen molar-refractivity contribution < 1.29 is 19.1 Å². The van der Waals surface area contributed by atoms with Crippen molar-refractivity contribution in [3.63, 3.8) is 0 Å². The van der Waals surface area contributed by atoms with Crippen molar-refractivity contribution in [1.82, 2.24) is 4.90 Å². The predicted molar refractivity (Wildman–Crippen MR) is 95.8 cm³/mol. The molecule has 2 fully saturated rings. The Labute approximate surface area is 152 Å². The zero-order valence-corrected chi connectivity index (χ0v) is 14.8. The Morgan fingerprint density at radius 3 is 2.58 bits per heavy atom. The van der Waals surface area contributed by atoms with Crippen molar-refractivity contribution in [3.05, 3.63) is 18.2 Å². The van der Waals surface area contributed by atoms with Crippen LogP contribution in [0.1, 0.15) is 32.6 Å². The Bertz CT molecular complexity index is 751. The summed E-state index contributed by atoms with van der Waals surface area (Å²) < 4.78 is 5.52. The number of carbonyl (C=O) groups is 3. The second-order valence-corrected chi connectivity index (χ2v) is 7.32. The second-order valence-electron chi connectivity index (χ2n) is 7.32. The number of ether oxygens (including phenoxy) is 1. The normalized spacial score (nSPS) is 22.9. The molecule has 7 heteroatoms. The largest absolute Gasteiger partial charge is 0.479 e. The first-order chi connectivity index (χ1) is 12.5. The molecule has 1 aliphatic carbocycles. The maximum Gasteiger partial charge on any atom is 0.265 e. The van der Waals surface area contributed by atoms with Crippen LogP contribution in [0.3, 0.4) is 0 Å². The number of fused-ring (bicyclic) bond motifs is 1. The van der Waals surface area contributed by atoms with Crippen molar-refractivity contribution in [2.75, 3.05) is 23.7 Å². The molecule has 1 unspecified atom stereocenters. The van der Waals surface area contributed by atoms with Crippen molar-refractivity contribution >= 4 is 29.1 Å². The molecule has 4 rings (SSSR count). The van der Waals surface area contributed by atoms with E-state index in [1.54, 1.807) is 25.1 Å². The molecule has 2 aliphatic heterocycles. The highest BCUT2D eigenvalue weighted by molar-refractivity contribution is 5.99. The van der Waals surface area contributed by atoms with Gasteiger partial charge < -0.3 is 20.3 Å². The Morgan fingerprint density at radius 2 is 1.88 bits per heavy atom. The van der Waals surface area contributed by atoms with Gasteiger partial charge in [-0.1, -0.05) is 0 Å². The first-order valence-corrected chi connectivity index (χ1v) is 9.22. The molecule has 138 valence electrons. The summed E-state index contributed by atoms with van der Waals surface area (Å²) in [6, 6.07) is 5.23. The number of benzene rings is 1. The zero-order valence-electron chi connectivity index (χ0n) is 14.8. The molecule has 1 aromatic rings. The van der Waals surface area contributed by atoms with Gasteiger partial charge in [0, 0.05) is 30.6 Å². The maximum atomic E-state index is 12.5. The molecule has 1 atom stereocenters. The number of amides is 3. The summed E-state index contributed by atoms with van der Waals surface area (Å²) in [5, 5.41) is 5.70. The van der Waals surface area contributed by atoms with Gasteiger partial charge in [0.2, 0.25) is 11.8 Å². The number of carbonyl (C=O) groups excluding carboxylic acids is 3. The minimum absolute atomic E-state index is 0.0418. The molecule has 7 nitrogen and oxygen atoms in total. The zero-order chi connectivity index (χ0) is 18.3. The minimum atomic E-state index is -0.522. The highest BCUT2D eigenvalue weighted by atomic mass is 16.5. The van der Waals surface area contributed by atoms with Gasteiger partial charge in [0.05, 0.1) is 5.69 Å². The smallest absolute Gasteiger partial charge is 0.265 e. The van der Waals surface area contributed by atoms with Crippen LogP contribution in [-0.2, 0) is 14.4 Å². The van der Waals surface area contributed by atoms with E-state index < -0.39 is 6.10 Å². The molecule has 2 N–H and O–H groups in total. The van der Waals surface area contributed by atoms with E-state index in [4.69, 9.17) is 4.74 Å². The van der Waals surface area contributed by atoms with Gasteiger partial charge >= 0.3 is 0 Å². The molecular formula is C19H23N3O4. The number of hydrogen-bond donors (Lipinski definition) is 2. The van der Waals surface area contributed by atoms with Gasteiger partial charge in [0.1, 0.15) is 5.75 Å². The quantitative estimate of drug-likeness (QED) is 0.866. The van der Waals surface area contributed by atoms with Crippen LogP contribution in [0.4, 0.5) is 11.4 Å². The molecule has 1 aromatic carbocycles. The lowest BCUT2D eigenvalue weighted by atomic mass is 9.95. The van der Waals surface area contributed by atoms with Crippen LogP contribution in [0.25, 0.3) is 0 Å².